The van der Waals surface area contributed by atoms with Gasteiger partial charge in [0.15, 0.2) is 6.10 Å². The molecule has 0 aliphatic heterocycles. The van der Waals surface area contributed by atoms with Crippen molar-refractivity contribution in [3.8, 4) is 0 Å². The van der Waals surface area contributed by atoms with E-state index in [4.69, 9.17) is 16.3 Å². The van der Waals surface area contributed by atoms with Gasteiger partial charge in [0, 0.05) is 22.5 Å². The topological polar surface area (TPSA) is 127 Å². The Bertz CT molecular complexity index is 1310. The molecule has 0 aliphatic rings. The second-order valence-electron chi connectivity index (χ2n) is 8.10. The number of anilines is 2. The first-order chi connectivity index (χ1) is 17.1. The van der Waals surface area contributed by atoms with Crippen molar-refractivity contribution in [2.45, 2.75) is 51.0 Å². The first-order valence-electron chi connectivity index (χ1n) is 11.3. The molecule has 0 unspecified atom stereocenters. The average molecular weight is 531 g/mol. The van der Waals surface area contributed by atoms with Crippen molar-refractivity contribution >= 4 is 45.0 Å². The summed E-state index contributed by atoms with van der Waals surface area (Å²) >= 11 is 5.86. The van der Waals surface area contributed by atoms with Crippen molar-refractivity contribution in [3.63, 3.8) is 0 Å². The van der Waals surface area contributed by atoms with Crippen LogP contribution >= 0.6 is 11.6 Å². The minimum Gasteiger partial charge on any atom is -0.449 e. The molecule has 0 saturated heterocycles. The van der Waals surface area contributed by atoms with Gasteiger partial charge in [-0.3, -0.25) is 9.52 Å². The van der Waals surface area contributed by atoms with Gasteiger partial charge >= 0.3 is 5.97 Å². The number of rotatable bonds is 10. The molecule has 1 amide bonds. The van der Waals surface area contributed by atoms with Crippen LogP contribution in [-0.2, 0) is 19.6 Å². The van der Waals surface area contributed by atoms with Crippen LogP contribution in [0.3, 0.4) is 0 Å². The molecule has 36 heavy (non-hydrogen) atoms. The van der Waals surface area contributed by atoms with Crippen LogP contribution < -0.4 is 10.0 Å². The largest absolute Gasteiger partial charge is 0.449 e. The zero-order valence-electron chi connectivity index (χ0n) is 20.1. The van der Waals surface area contributed by atoms with E-state index >= 15 is 0 Å². The fourth-order valence-corrected chi connectivity index (χ4v) is 4.44. The van der Waals surface area contributed by atoms with Crippen LogP contribution in [0.5, 0.6) is 0 Å². The number of sulfonamides is 1. The lowest BCUT2D eigenvalue weighted by Gasteiger charge is -2.18. The summed E-state index contributed by atoms with van der Waals surface area (Å²) in [5.41, 5.74) is 1.27. The normalized spacial score (nSPS) is 12.0. The number of ether oxygens (including phenoxy) is 1. The van der Waals surface area contributed by atoms with E-state index in [-0.39, 0.29) is 16.3 Å². The quantitative estimate of drug-likeness (QED) is 0.357. The molecule has 2 aromatic carbocycles. The van der Waals surface area contributed by atoms with E-state index in [1.54, 1.807) is 26.0 Å². The third-order valence-corrected chi connectivity index (χ3v) is 6.70. The average Bonchev–Trinajstić information content (AvgIpc) is 2.81. The van der Waals surface area contributed by atoms with Crippen molar-refractivity contribution in [3.05, 3.63) is 76.7 Å². The first-order valence-corrected chi connectivity index (χ1v) is 13.2. The van der Waals surface area contributed by atoms with E-state index in [0.29, 0.717) is 35.1 Å². The summed E-state index contributed by atoms with van der Waals surface area (Å²) < 4.78 is 33.4. The summed E-state index contributed by atoms with van der Waals surface area (Å²) in [6, 6.07) is 13.4. The van der Waals surface area contributed by atoms with Crippen molar-refractivity contribution < 1.29 is 22.7 Å². The molecule has 2 N–H and O–H groups in total. The standard InChI is InChI=1S/C25H27ClN4O5S/c1-4-5-6-22(35-25(32)18-7-9-19(26)10-8-18)24(31)29-20-11-13-21(14-12-20)36(33,34)30-23-15-16(2)27-17(3)28-23/h7-15,22H,4-6H2,1-3H3,(H,29,31)(H,27,28,30)/t22-/m0/s1. The Balaban J connectivity index is 1.69. The van der Waals surface area contributed by atoms with Gasteiger partial charge in [-0.1, -0.05) is 24.9 Å². The molecule has 11 heteroatoms. The van der Waals surface area contributed by atoms with Gasteiger partial charge in [-0.05, 0) is 75.2 Å². The van der Waals surface area contributed by atoms with Gasteiger partial charge in [0.25, 0.3) is 15.9 Å². The zero-order valence-corrected chi connectivity index (χ0v) is 21.7. The van der Waals surface area contributed by atoms with Crippen molar-refractivity contribution in [2.75, 3.05) is 10.0 Å². The number of carbonyl (C=O) groups excluding carboxylic acids is 2. The second-order valence-corrected chi connectivity index (χ2v) is 10.2. The third-order valence-electron chi connectivity index (χ3n) is 5.08. The summed E-state index contributed by atoms with van der Waals surface area (Å²) in [6.07, 6.45) is 0.822. The Labute approximate surface area is 215 Å². The van der Waals surface area contributed by atoms with Gasteiger partial charge in [0.1, 0.15) is 11.6 Å². The van der Waals surface area contributed by atoms with Crippen molar-refractivity contribution in [2.24, 2.45) is 0 Å². The van der Waals surface area contributed by atoms with Crippen LogP contribution in [-0.4, -0.2) is 36.4 Å². The lowest BCUT2D eigenvalue weighted by molar-refractivity contribution is -0.125. The van der Waals surface area contributed by atoms with Gasteiger partial charge in [-0.15, -0.1) is 0 Å². The van der Waals surface area contributed by atoms with Gasteiger partial charge < -0.3 is 10.1 Å². The molecule has 0 radical (unpaired) electrons. The van der Waals surface area contributed by atoms with Crippen LogP contribution in [0.2, 0.25) is 5.02 Å². The lowest BCUT2D eigenvalue weighted by Crippen LogP contribution is -2.32. The molecular weight excluding hydrogens is 504 g/mol. The van der Waals surface area contributed by atoms with Crippen LogP contribution in [0.25, 0.3) is 0 Å². The summed E-state index contributed by atoms with van der Waals surface area (Å²) in [5.74, 6) is -0.532. The molecule has 1 atom stereocenters. The number of nitrogens with one attached hydrogen (secondary N) is 2. The van der Waals surface area contributed by atoms with E-state index in [1.807, 2.05) is 6.92 Å². The molecule has 3 aromatic rings. The maximum absolute atomic E-state index is 12.9. The molecule has 190 valence electrons. The number of benzene rings is 2. The second kappa shape index (κ2) is 12.0. The first kappa shape index (κ1) is 27.1. The van der Waals surface area contributed by atoms with Crippen LogP contribution in [0, 0.1) is 13.8 Å². The molecular formula is C25H27ClN4O5S. The number of esters is 1. The Hall–Kier alpha value is -3.50. The summed E-state index contributed by atoms with van der Waals surface area (Å²) in [7, 11) is -3.90. The SMILES string of the molecule is CCCC[C@H](OC(=O)c1ccc(Cl)cc1)C(=O)Nc1ccc(S(=O)(=O)Nc2cc(C)nc(C)n2)cc1. The third kappa shape index (κ3) is 7.50. The molecule has 0 aliphatic carbocycles. The Kier molecular flexibility index (Phi) is 9.00. The van der Waals surface area contributed by atoms with E-state index in [9.17, 15) is 18.0 Å². The summed E-state index contributed by atoms with van der Waals surface area (Å²) in [4.78, 5) is 33.6. The predicted molar refractivity (Wildman–Crippen MR) is 138 cm³/mol. The monoisotopic (exact) mass is 530 g/mol. The molecule has 0 spiro atoms. The molecule has 1 aromatic heterocycles. The van der Waals surface area contributed by atoms with Crippen molar-refractivity contribution in [1.82, 2.24) is 9.97 Å². The van der Waals surface area contributed by atoms with Gasteiger partial charge in [0.05, 0.1) is 10.5 Å². The molecule has 1 heterocycles. The highest BCUT2D eigenvalue weighted by atomic mass is 35.5. The van der Waals surface area contributed by atoms with E-state index < -0.39 is 28.0 Å². The van der Waals surface area contributed by atoms with E-state index in [2.05, 4.69) is 20.0 Å². The Morgan fingerprint density at radius 2 is 1.69 bits per heavy atom. The van der Waals surface area contributed by atoms with E-state index in [0.717, 1.165) is 6.42 Å². The van der Waals surface area contributed by atoms with Crippen LogP contribution in [0.15, 0.2) is 59.5 Å². The lowest BCUT2D eigenvalue weighted by atomic mass is 10.1. The molecule has 0 bridgehead atoms. The number of hydrogen-bond acceptors (Lipinski definition) is 7. The highest BCUT2D eigenvalue weighted by Gasteiger charge is 2.24. The zero-order chi connectivity index (χ0) is 26.3. The van der Waals surface area contributed by atoms with Gasteiger partial charge in [-0.2, -0.15) is 0 Å². The minimum atomic E-state index is -3.90. The van der Waals surface area contributed by atoms with Crippen molar-refractivity contribution in [1.29, 1.82) is 0 Å². The number of aromatic nitrogens is 2. The fraction of sp³-hybridized carbons (Fsp3) is 0.280. The maximum Gasteiger partial charge on any atom is 0.338 e. The highest BCUT2D eigenvalue weighted by molar-refractivity contribution is 7.92. The van der Waals surface area contributed by atoms with Gasteiger partial charge in [0.2, 0.25) is 0 Å². The van der Waals surface area contributed by atoms with Crippen LogP contribution in [0.1, 0.15) is 48.1 Å². The Morgan fingerprint density at radius 3 is 2.31 bits per heavy atom. The van der Waals surface area contributed by atoms with E-state index in [1.165, 1.54) is 42.5 Å². The Morgan fingerprint density at radius 1 is 1.03 bits per heavy atom. The number of halogens is 1. The highest BCUT2D eigenvalue weighted by Crippen LogP contribution is 2.19. The number of hydrogen-bond donors (Lipinski definition) is 2. The number of carbonyl (C=O) groups is 2. The number of nitrogens with zero attached hydrogens (tertiary/aromatic N) is 2. The fourth-order valence-electron chi connectivity index (χ4n) is 3.32. The molecule has 0 fully saturated rings. The van der Waals surface area contributed by atoms with Gasteiger partial charge in [-0.25, -0.2) is 23.2 Å². The van der Waals surface area contributed by atoms with Crippen LogP contribution in [0.4, 0.5) is 11.5 Å². The minimum absolute atomic E-state index is 0.00823. The molecule has 9 nitrogen and oxygen atoms in total. The number of amides is 1. The summed E-state index contributed by atoms with van der Waals surface area (Å²) in [6.45, 7) is 5.38. The summed E-state index contributed by atoms with van der Waals surface area (Å²) in [5, 5.41) is 3.17. The molecule has 0 saturated carbocycles. The maximum atomic E-state index is 12.9. The predicted octanol–water partition coefficient (Wildman–Crippen LogP) is 4.90. The smallest absolute Gasteiger partial charge is 0.338 e. The molecule has 3 rings (SSSR count). The number of aryl methyl sites for hydroxylation is 2. The number of unbranched alkanes of at least 4 members (excludes halogenated alkanes) is 1.